The number of carbonyl (C=O) groups excluding carboxylic acids is 2. The van der Waals surface area contributed by atoms with Gasteiger partial charge in [0.05, 0.1) is 6.04 Å². The molecule has 0 aromatic rings. The second-order valence-corrected chi connectivity index (χ2v) is 5.26. The van der Waals surface area contributed by atoms with E-state index in [2.05, 4.69) is 6.92 Å². The maximum atomic E-state index is 12.1. The summed E-state index contributed by atoms with van der Waals surface area (Å²) >= 11 is 0. The Morgan fingerprint density at radius 1 is 1.47 bits per heavy atom. The average Bonchev–Trinajstić information content (AvgIpc) is 2.64. The zero-order valence-electron chi connectivity index (χ0n) is 10.6. The van der Waals surface area contributed by atoms with Crippen LogP contribution in [0.3, 0.4) is 0 Å². The Morgan fingerprint density at radius 3 is 2.88 bits per heavy atom. The maximum Gasteiger partial charge on any atom is 0.417 e. The predicted molar refractivity (Wildman–Crippen MR) is 63.4 cm³/mol. The number of nitrogens with zero attached hydrogens (tertiary/aromatic N) is 1. The molecule has 1 heterocycles. The molecule has 1 aliphatic heterocycles. The molecule has 0 spiro atoms. The van der Waals surface area contributed by atoms with Crippen molar-refractivity contribution < 1.29 is 14.3 Å². The summed E-state index contributed by atoms with van der Waals surface area (Å²) in [5, 5.41) is 0. The lowest BCUT2D eigenvalue weighted by Crippen LogP contribution is -2.42. The van der Waals surface area contributed by atoms with E-state index in [9.17, 15) is 9.59 Å². The topological polar surface area (TPSA) is 46.6 Å². The highest BCUT2D eigenvalue weighted by molar-refractivity contribution is 5.93. The lowest BCUT2D eigenvalue weighted by atomic mass is 9.92. The minimum absolute atomic E-state index is 0.00723. The molecule has 1 aliphatic carbocycles. The predicted octanol–water partition coefficient (Wildman–Crippen LogP) is 2.71. The smallest absolute Gasteiger partial charge is 0.417 e. The summed E-state index contributed by atoms with van der Waals surface area (Å²) in [6.45, 7) is 4.10. The molecule has 1 saturated carbocycles. The molecule has 0 bridgehead atoms. The molecule has 96 valence electrons. The van der Waals surface area contributed by atoms with Gasteiger partial charge in [-0.1, -0.05) is 26.7 Å². The van der Waals surface area contributed by atoms with Crippen LogP contribution in [0.4, 0.5) is 4.79 Å². The van der Waals surface area contributed by atoms with Crippen LogP contribution in [0.25, 0.3) is 0 Å². The van der Waals surface area contributed by atoms with Gasteiger partial charge in [0.2, 0.25) is 5.91 Å². The number of amides is 2. The Bertz CT molecular complexity index is 316. The molecule has 0 aromatic carbocycles. The lowest BCUT2D eigenvalue weighted by Gasteiger charge is -2.27. The molecule has 1 saturated heterocycles. The molecule has 3 atom stereocenters. The van der Waals surface area contributed by atoms with Gasteiger partial charge in [-0.25, -0.2) is 9.69 Å². The van der Waals surface area contributed by atoms with Gasteiger partial charge in [-0.15, -0.1) is 0 Å². The van der Waals surface area contributed by atoms with Crippen LogP contribution in [-0.2, 0) is 9.53 Å². The van der Waals surface area contributed by atoms with Crippen LogP contribution in [0.1, 0.15) is 52.4 Å². The summed E-state index contributed by atoms with van der Waals surface area (Å²) < 4.78 is 5.28. The van der Waals surface area contributed by atoms with Crippen LogP contribution in [0.2, 0.25) is 0 Å². The van der Waals surface area contributed by atoms with E-state index in [1.807, 2.05) is 6.92 Å². The van der Waals surface area contributed by atoms with Crippen molar-refractivity contribution in [2.24, 2.45) is 5.92 Å². The first-order valence-electron chi connectivity index (χ1n) is 6.66. The molecule has 2 aliphatic rings. The van der Waals surface area contributed by atoms with Gasteiger partial charge in [0.25, 0.3) is 0 Å². The van der Waals surface area contributed by atoms with E-state index in [0.717, 1.165) is 32.1 Å². The van der Waals surface area contributed by atoms with Crippen LogP contribution in [0, 0.1) is 5.92 Å². The minimum Gasteiger partial charge on any atom is -0.444 e. The average molecular weight is 239 g/mol. The number of rotatable bonds is 3. The van der Waals surface area contributed by atoms with E-state index in [-0.39, 0.29) is 18.1 Å². The van der Waals surface area contributed by atoms with Crippen molar-refractivity contribution in [1.29, 1.82) is 0 Å². The van der Waals surface area contributed by atoms with E-state index >= 15 is 0 Å². The van der Waals surface area contributed by atoms with Crippen LogP contribution in [-0.4, -0.2) is 29.0 Å². The monoisotopic (exact) mass is 239 g/mol. The van der Waals surface area contributed by atoms with Gasteiger partial charge in [0.1, 0.15) is 6.10 Å². The first-order chi connectivity index (χ1) is 8.13. The molecule has 0 unspecified atom stereocenters. The van der Waals surface area contributed by atoms with Gasteiger partial charge in [0, 0.05) is 6.42 Å². The van der Waals surface area contributed by atoms with E-state index < -0.39 is 6.09 Å². The summed E-state index contributed by atoms with van der Waals surface area (Å²) in [5.74, 6) is 0.275. The van der Waals surface area contributed by atoms with Gasteiger partial charge in [-0.3, -0.25) is 4.79 Å². The molecule has 4 nitrogen and oxygen atoms in total. The highest BCUT2D eigenvalue weighted by Gasteiger charge is 2.45. The molecular weight excluding hydrogens is 218 g/mol. The van der Waals surface area contributed by atoms with Crippen molar-refractivity contribution >= 4 is 12.0 Å². The largest absolute Gasteiger partial charge is 0.444 e. The molecule has 0 N–H and O–H groups in total. The molecule has 2 rings (SSSR count). The van der Waals surface area contributed by atoms with E-state index in [0.29, 0.717) is 12.3 Å². The molecule has 0 radical (unpaired) electrons. The fourth-order valence-electron chi connectivity index (χ4n) is 2.66. The Balaban J connectivity index is 2.03. The Kier molecular flexibility index (Phi) is 3.69. The third-order valence-electron chi connectivity index (χ3n) is 3.94. The molecule has 4 heteroatoms. The minimum atomic E-state index is -0.421. The highest BCUT2D eigenvalue weighted by atomic mass is 16.6. The number of hydrogen-bond donors (Lipinski definition) is 0. The summed E-state index contributed by atoms with van der Waals surface area (Å²) in [7, 11) is 0. The maximum absolute atomic E-state index is 12.1. The van der Waals surface area contributed by atoms with E-state index in [4.69, 9.17) is 4.74 Å². The van der Waals surface area contributed by atoms with Crippen molar-refractivity contribution in [2.75, 3.05) is 0 Å². The first kappa shape index (κ1) is 12.4. The Morgan fingerprint density at radius 2 is 2.18 bits per heavy atom. The second-order valence-electron chi connectivity index (χ2n) is 5.26. The number of carbonyl (C=O) groups is 2. The lowest BCUT2D eigenvalue weighted by molar-refractivity contribution is -0.130. The zero-order valence-corrected chi connectivity index (χ0v) is 10.6. The van der Waals surface area contributed by atoms with Gasteiger partial charge in [-0.05, 0) is 25.2 Å². The standard InChI is InChI=1S/C13H21NO3/c1-3-9(2)8-12(15)14-10-6-4-5-7-11(10)17-13(14)16/h9-11H,3-8H2,1-2H3/t9-,10-,11-/m0/s1. The van der Waals surface area contributed by atoms with Crippen molar-refractivity contribution in [1.82, 2.24) is 4.90 Å². The molecule has 2 fully saturated rings. The van der Waals surface area contributed by atoms with Crippen LogP contribution < -0.4 is 0 Å². The summed E-state index contributed by atoms with van der Waals surface area (Å²) in [5.41, 5.74) is 0. The summed E-state index contributed by atoms with van der Waals surface area (Å²) in [6, 6.07) is 0.00723. The van der Waals surface area contributed by atoms with Crippen molar-refractivity contribution in [3.63, 3.8) is 0 Å². The van der Waals surface area contributed by atoms with Gasteiger partial charge in [0.15, 0.2) is 0 Å². The molecular formula is C13H21NO3. The fourth-order valence-corrected chi connectivity index (χ4v) is 2.66. The third-order valence-corrected chi connectivity index (χ3v) is 3.94. The third kappa shape index (κ3) is 2.45. The summed E-state index contributed by atoms with van der Waals surface area (Å²) in [4.78, 5) is 25.2. The van der Waals surface area contributed by atoms with Gasteiger partial charge in [-0.2, -0.15) is 0 Å². The SMILES string of the molecule is CC[C@H](C)CC(=O)N1C(=O)O[C@H]2CCCC[C@@H]21. The number of imide groups is 1. The van der Waals surface area contributed by atoms with E-state index in [1.54, 1.807) is 0 Å². The normalized spacial score (nSPS) is 29.8. The van der Waals surface area contributed by atoms with Crippen LogP contribution >= 0.6 is 0 Å². The highest BCUT2D eigenvalue weighted by Crippen LogP contribution is 2.32. The number of ether oxygens (including phenoxy) is 1. The molecule has 2 amide bonds. The molecule has 17 heavy (non-hydrogen) atoms. The summed E-state index contributed by atoms with van der Waals surface area (Å²) in [6.07, 6.45) is 4.95. The Hall–Kier alpha value is -1.06. The van der Waals surface area contributed by atoms with Gasteiger partial charge >= 0.3 is 6.09 Å². The van der Waals surface area contributed by atoms with Crippen LogP contribution in [0.15, 0.2) is 0 Å². The van der Waals surface area contributed by atoms with Crippen molar-refractivity contribution in [2.45, 2.75) is 64.5 Å². The van der Waals surface area contributed by atoms with Crippen molar-refractivity contribution in [3.8, 4) is 0 Å². The second kappa shape index (κ2) is 5.07. The first-order valence-corrected chi connectivity index (χ1v) is 6.66. The van der Waals surface area contributed by atoms with E-state index in [1.165, 1.54) is 4.90 Å². The van der Waals surface area contributed by atoms with Crippen molar-refractivity contribution in [3.05, 3.63) is 0 Å². The zero-order chi connectivity index (χ0) is 12.4. The van der Waals surface area contributed by atoms with Gasteiger partial charge < -0.3 is 4.74 Å². The fraction of sp³-hybridized carbons (Fsp3) is 0.846. The Labute approximate surface area is 102 Å². The molecule has 0 aromatic heterocycles. The number of hydrogen-bond acceptors (Lipinski definition) is 3. The van der Waals surface area contributed by atoms with Crippen LogP contribution in [0.5, 0.6) is 0 Å². The number of fused-ring (bicyclic) bond motifs is 1. The quantitative estimate of drug-likeness (QED) is 0.760.